The van der Waals surface area contributed by atoms with Crippen LogP contribution in [0.4, 0.5) is 5.69 Å². The number of hydrogen-bond acceptors (Lipinski definition) is 2. The minimum Gasteiger partial charge on any atom is -0.385 e. The summed E-state index contributed by atoms with van der Waals surface area (Å²) in [5, 5.41) is 4.30. The van der Waals surface area contributed by atoms with E-state index in [4.69, 9.17) is 11.6 Å². The molecule has 3 aromatic rings. The van der Waals surface area contributed by atoms with E-state index in [0.29, 0.717) is 0 Å². The van der Waals surface area contributed by atoms with Crippen molar-refractivity contribution in [1.82, 2.24) is 4.90 Å². The first-order chi connectivity index (χ1) is 14.7. The van der Waals surface area contributed by atoms with Gasteiger partial charge in [-0.25, -0.2) is 0 Å². The Hall–Kier alpha value is -2.55. The standard InChI is InChI=1S/C27H31ClN2/c1-3-30(4-2)21-11-20-29-25-18-16-23(17-19-25)26(22-12-7-5-8-13-22)27(28)24-14-9-6-10-15-24/h5-10,12-19,29H,3-4,11,20-21H2,1-2H3/b27-26+. The minimum atomic E-state index is 0.765. The molecular weight excluding hydrogens is 388 g/mol. The highest BCUT2D eigenvalue weighted by Gasteiger charge is 2.12. The number of hydrogen-bond donors (Lipinski definition) is 1. The molecule has 0 spiro atoms. The van der Waals surface area contributed by atoms with E-state index in [0.717, 1.165) is 65.6 Å². The fourth-order valence-corrected chi connectivity index (χ4v) is 3.93. The number of nitrogens with zero attached hydrogens (tertiary/aromatic N) is 1. The van der Waals surface area contributed by atoms with Crippen molar-refractivity contribution in [2.75, 3.05) is 31.5 Å². The smallest absolute Gasteiger partial charge is 0.0562 e. The molecule has 0 aliphatic rings. The Labute approximate surface area is 186 Å². The maximum absolute atomic E-state index is 6.90. The van der Waals surface area contributed by atoms with Crippen molar-refractivity contribution >= 4 is 27.9 Å². The zero-order chi connectivity index (χ0) is 21.2. The molecule has 0 heterocycles. The van der Waals surface area contributed by atoms with Crippen LogP contribution in [0, 0.1) is 0 Å². The second-order valence-corrected chi connectivity index (χ2v) is 7.68. The molecule has 0 unspecified atom stereocenters. The number of halogens is 1. The van der Waals surface area contributed by atoms with Gasteiger partial charge in [-0.05, 0) is 54.9 Å². The largest absolute Gasteiger partial charge is 0.385 e. The lowest BCUT2D eigenvalue weighted by atomic mass is 9.95. The van der Waals surface area contributed by atoms with E-state index >= 15 is 0 Å². The summed E-state index contributed by atoms with van der Waals surface area (Å²) in [6.07, 6.45) is 1.14. The first kappa shape index (κ1) is 22.1. The van der Waals surface area contributed by atoms with E-state index in [-0.39, 0.29) is 0 Å². The van der Waals surface area contributed by atoms with Gasteiger partial charge in [0.05, 0.1) is 5.03 Å². The Morgan fingerprint density at radius 3 is 1.83 bits per heavy atom. The predicted molar refractivity (Wildman–Crippen MR) is 132 cm³/mol. The molecule has 1 N–H and O–H groups in total. The summed E-state index contributed by atoms with van der Waals surface area (Å²) >= 11 is 6.90. The zero-order valence-corrected chi connectivity index (χ0v) is 18.7. The van der Waals surface area contributed by atoms with Gasteiger partial charge in [-0.1, -0.05) is 98.2 Å². The van der Waals surface area contributed by atoms with Crippen LogP contribution in [0.3, 0.4) is 0 Å². The van der Waals surface area contributed by atoms with E-state index in [9.17, 15) is 0 Å². The van der Waals surface area contributed by atoms with Gasteiger partial charge in [0.25, 0.3) is 0 Å². The number of rotatable bonds is 10. The van der Waals surface area contributed by atoms with E-state index < -0.39 is 0 Å². The van der Waals surface area contributed by atoms with E-state index in [1.54, 1.807) is 0 Å². The van der Waals surface area contributed by atoms with Gasteiger partial charge < -0.3 is 10.2 Å². The van der Waals surface area contributed by atoms with Crippen LogP contribution in [0.15, 0.2) is 84.9 Å². The molecule has 3 rings (SSSR count). The fraction of sp³-hybridized carbons (Fsp3) is 0.259. The van der Waals surface area contributed by atoms with Crippen LogP contribution in [0.1, 0.15) is 37.0 Å². The second-order valence-electron chi connectivity index (χ2n) is 7.31. The Kier molecular flexibility index (Phi) is 8.55. The van der Waals surface area contributed by atoms with Gasteiger partial charge in [-0.2, -0.15) is 0 Å². The van der Waals surface area contributed by atoms with Crippen molar-refractivity contribution in [3.63, 3.8) is 0 Å². The van der Waals surface area contributed by atoms with Gasteiger partial charge in [-0.15, -0.1) is 0 Å². The summed E-state index contributed by atoms with van der Waals surface area (Å²) in [6.45, 7) is 8.76. The van der Waals surface area contributed by atoms with Crippen LogP contribution >= 0.6 is 11.6 Å². The van der Waals surface area contributed by atoms with Gasteiger partial charge >= 0.3 is 0 Å². The second kappa shape index (κ2) is 11.6. The summed E-state index contributed by atoms with van der Waals surface area (Å²) in [7, 11) is 0. The van der Waals surface area contributed by atoms with Crippen LogP contribution in [-0.4, -0.2) is 31.1 Å². The van der Waals surface area contributed by atoms with Crippen LogP contribution in [0.25, 0.3) is 10.6 Å². The highest BCUT2D eigenvalue weighted by Crippen LogP contribution is 2.35. The molecule has 0 saturated heterocycles. The third-order valence-electron chi connectivity index (χ3n) is 5.36. The molecule has 0 aliphatic heterocycles. The topological polar surface area (TPSA) is 15.3 Å². The summed E-state index contributed by atoms with van der Waals surface area (Å²) < 4.78 is 0. The molecule has 0 atom stereocenters. The van der Waals surface area contributed by atoms with Gasteiger partial charge in [-0.3, -0.25) is 0 Å². The Morgan fingerprint density at radius 2 is 1.27 bits per heavy atom. The van der Waals surface area contributed by atoms with E-state index in [1.165, 1.54) is 0 Å². The fourth-order valence-electron chi connectivity index (χ4n) is 3.58. The number of nitrogens with one attached hydrogen (secondary N) is 1. The van der Waals surface area contributed by atoms with Gasteiger partial charge in [0.15, 0.2) is 0 Å². The first-order valence-electron chi connectivity index (χ1n) is 10.8. The minimum absolute atomic E-state index is 0.765. The molecule has 3 heteroatoms. The Bertz CT molecular complexity index is 914. The summed E-state index contributed by atoms with van der Waals surface area (Å²) in [4.78, 5) is 2.45. The van der Waals surface area contributed by atoms with E-state index in [1.807, 2.05) is 24.3 Å². The quantitative estimate of drug-likeness (QED) is 0.282. The molecule has 30 heavy (non-hydrogen) atoms. The normalized spacial score (nSPS) is 12.0. The SMILES string of the molecule is CCN(CC)CCCNc1ccc(/C(=C(/Cl)c2ccccc2)c2ccccc2)cc1. The maximum Gasteiger partial charge on any atom is 0.0562 e. The maximum atomic E-state index is 6.90. The van der Waals surface area contributed by atoms with Crippen LogP contribution < -0.4 is 5.32 Å². The molecule has 0 radical (unpaired) electrons. The van der Waals surface area contributed by atoms with Crippen molar-refractivity contribution in [1.29, 1.82) is 0 Å². The first-order valence-corrected chi connectivity index (χ1v) is 11.2. The molecule has 156 valence electrons. The third-order valence-corrected chi connectivity index (χ3v) is 5.76. The zero-order valence-electron chi connectivity index (χ0n) is 17.9. The average Bonchev–Trinajstić information content (AvgIpc) is 2.81. The summed E-state index contributed by atoms with van der Waals surface area (Å²) in [6, 6.07) is 29.1. The molecule has 3 aromatic carbocycles. The lowest BCUT2D eigenvalue weighted by Gasteiger charge is -2.18. The number of benzene rings is 3. The van der Waals surface area contributed by atoms with Crippen LogP contribution in [-0.2, 0) is 0 Å². The summed E-state index contributed by atoms with van der Waals surface area (Å²) in [5.74, 6) is 0. The monoisotopic (exact) mass is 418 g/mol. The molecule has 0 saturated carbocycles. The average molecular weight is 419 g/mol. The predicted octanol–water partition coefficient (Wildman–Crippen LogP) is 6.99. The molecular formula is C27H31ClN2. The van der Waals surface area contributed by atoms with Crippen molar-refractivity contribution in [3.05, 3.63) is 102 Å². The Morgan fingerprint density at radius 1 is 0.733 bits per heavy atom. The molecule has 0 fully saturated rings. The lowest BCUT2D eigenvalue weighted by Crippen LogP contribution is -2.25. The molecule has 0 bridgehead atoms. The van der Waals surface area contributed by atoms with Crippen LogP contribution in [0.2, 0.25) is 0 Å². The van der Waals surface area contributed by atoms with Gasteiger partial charge in [0.1, 0.15) is 0 Å². The van der Waals surface area contributed by atoms with Crippen molar-refractivity contribution in [3.8, 4) is 0 Å². The highest BCUT2D eigenvalue weighted by molar-refractivity contribution is 6.53. The van der Waals surface area contributed by atoms with Crippen molar-refractivity contribution < 1.29 is 0 Å². The highest BCUT2D eigenvalue weighted by atomic mass is 35.5. The molecule has 0 aliphatic carbocycles. The molecule has 2 nitrogen and oxygen atoms in total. The molecule has 0 aromatic heterocycles. The van der Waals surface area contributed by atoms with E-state index in [2.05, 4.69) is 84.7 Å². The Balaban J connectivity index is 1.79. The lowest BCUT2D eigenvalue weighted by molar-refractivity contribution is 0.303. The molecule has 0 amide bonds. The van der Waals surface area contributed by atoms with Crippen LogP contribution in [0.5, 0.6) is 0 Å². The summed E-state index contributed by atoms with van der Waals surface area (Å²) in [5.41, 5.74) is 5.45. The third kappa shape index (κ3) is 5.98. The van der Waals surface area contributed by atoms with Crippen molar-refractivity contribution in [2.45, 2.75) is 20.3 Å². The van der Waals surface area contributed by atoms with Gasteiger partial charge in [0, 0.05) is 17.8 Å². The van der Waals surface area contributed by atoms with Gasteiger partial charge in [0.2, 0.25) is 0 Å². The number of anilines is 1. The van der Waals surface area contributed by atoms with Crippen molar-refractivity contribution in [2.24, 2.45) is 0 Å².